The largest absolute Gasteiger partial charge is 0.489 e. The smallest absolute Gasteiger partial charge is 0.247 e. The maximum absolute atomic E-state index is 11.3. The zero-order valence-electron chi connectivity index (χ0n) is 12.3. The van der Waals surface area contributed by atoms with E-state index in [1.165, 1.54) is 11.6 Å². The minimum absolute atomic E-state index is 0.216. The maximum Gasteiger partial charge on any atom is 0.247 e. The standard InChI is InChI=1S/C18H19NO2/c1-4-18(20)19-17-9-8-16(11-14(17)3)21-12-15-7-5-6-13(2)10-15/h4-11H,1,12H2,2-3H3,(H,19,20). The number of nitrogens with one attached hydrogen (secondary N) is 1. The molecule has 0 aliphatic rings. The Labute approximate surface area is 125 Å². The first-order valence-corrected chi connectivity index (χ1v) is 6.81. The molecule has 0 unspecified atom stereocenters. The van der Waals surface area contributed by atoms with Crippen LogP contribution in [0.4, 0.5) is 5.69 Å². The van der Waals surface area contributed by atoms with Gasteiger partial charge in [-0.05, 0) is 49.2 Å². The van der Waals surface area contributed by atoms with Gasteiger partial charge in [-0.2, -0.15) is 0 Å². The number of benzene rings is 2. The molecule has 0 bridgehead atoms. The van der Waals surface area contributed by atoms with Crippen LogP contribution >= 0.6 is 0 Å². The van der Waals surface area contributed by atoms with Gasteiger partial charge in [-0.1, -0.05) is 36.4 Å². The van der Waals surface area contributed by atoms with Crippen molar-refractivity contribution < 1.29 is 9.53 Å². The van der Waals surface area contributed by atoms with Crippen molar-refractivity contribution in [1.29, 1.82) is 0 Å². The highest BCUT2D eigenvalue weighted by Crippen LogP contribution is 2.22. The molecule has 0 aliphatic heterocycles. The van der Waals surface area contributed by atoms with Crippen molar-refractivity contribution in [3.8, 4) is 5.75 Å². The summed E-state index contributed by atoms with van der Waals surface area (Å²) in [5, 5.41) is 2.76. The van der Waals surface area contributed by atoms with Gasteiger partial charge in [-0.15, -0.1) is 0 Å². The number of carbonyl (C=O) groups excluding carboxylic acids is 1. The molecule has 0 spiro atoms. The first-order chi connectivity index (χ1) is 10.1. The second-order valence-electron chi connectivity index (χ2n) is 4.95. The van der Waals surface area contributed by atoms with E-state index in [9.17, 15) is 4.79 Å². The molecule has 0 heterocycles. The number of ether oxygens (including phenoxy) is 1. The van der Waals surface area contributed by atoms with E-state index >= 15 is 0 Å². The second-order valence-corrected chi connectivity index (χ2v) is 4.95. The summed E-state index contributed by atoms with van der Waals surface area (Å²) in [6.07, 6.45) is 1.25. The van der Waals surface area contributed by atoms with Crippen molar-refractivity contribution in [1.82, 2.24) is 0 Å². The van der Waals surface area contributed by atoms with Gasteiger partial charge < -0.3 is 10.1 Å². The van der Waals surface area contributed by atoms with Crippen molar-refractivity contribution in [2.24, 2.45) is 0 Å². The Kier molecular flexibility index (Phi) is 4.77. The summed E-state index contributed by atoms with van der Waals surface area (Å²) in [5.41, 5.74) is 4.07. The van der Waals surface area contributed by atoms with Gasteiger partial charge >= 0.3 is 0 Å². The summed E-state index contributed by atoms with van der Waals surface area (Å²) >= 11 is 0. The van der Waals surface area contributed by atoms with Crippen LogP contribution in [0.2, 0.25) is 0 Å². The van der Waals surface area contributed by atoms with E-state index in [1.54, 1.807) is 0 Å². The number of rotatable bonds is 5. The summed E-state index contributed by atoms with van der Waals surface area (Å²) in [6.45, 7) is 7.95. The fraction of sp³-hybridized carbons (Fsp3) is 0.167. The quantitative estimate of drug-likeness (QED) is 0.841. The molecule has 2 aromatic carbocycles. The summed E-state index contributed by atoms with van der Waals surface area (Å²) in [5.74, 6) is 0.567. The van der Waals surface area contributed by atoms with Gasteiger partial charge in [0.1, 0.15) is 12.4 Å². The molecule has 0 saturated carbocycles. The third-order valence-corrected chi connectivity index (χ3v) is 3.13. The Morgan fingerprint density at radius 2 is 2.05 bits per heavy atom. The van der Waals surface area contributed by atoms with Gasteiger partial charge in [-0.25, -0.2) is 0 Å². The number of hydrogen-bond donors (Lipinski definition) is 1. The van der Waals surface area contributed by atoms with Crippen LogP contribution < -0.4 is 10.1 Å². The van der Waals surface area contributed by atoms with Crippen LogP contribution in [0.3, 0.4) is 0 Å². The van der Waals surface area contributed by atoms with Crippen molar-refractivity contribution in [3.05, 3.63) is 71.8 Å². The fourth-order valence-corrected chi connectivity index (χ4v) is 2.02. The SMILES string of the molecule is C=CC(=O)Nc1ccc(OCc2cccc(C)c2)cc1C. The predicted octanol–water partition coefficient (Wildman–Crippen LogP) is 4.01. The van der Waals surface area contributed by atoms with E-state index in [2.05, 4.69) is 31.0 Å². The summed E-state index contributed by atoms with van der Waals surface area (Å²) in [6, 6.07) is 13.8. The van der Waals surface area contributed by atoms with Gasteiger partial charge in [0.05, 0.1) is 0 Å². The average molecular weight is 281 g/mol. The van der Waals surface area contributed by atoms with E-state index in [4.69, 9.17) is 4.74 Å². The lowest BCUT2D eigenvalue weighted by Gasteiger charge is -2.11. The Morgan fingerprint density at radius 1 is 1.24 bits per heavy atom. The highest BCUT2D eigenvalue weighted by Gasteiger charge is 2.03. The van der Waals surface area contributed by atoms with Crippen molar-refractivity contribution in [2.45, 2.75) is 20.5 Å². The zero-order chi connectivity index (χ0) is 15.2. The van der Waals surface area contributed by atoms with Crippen LogP contribution in [0.5, 0.6) is 5.75 Å². The van der Waals surface area contributed by atoms with E-state index in [-0.39, 0.29) is 5.91 Å². The molecule has 1 amide bonds. The minimum Gasteiger partial charge on any atom is -0.489 e. The van der Waals surface area contributed by atoms with Crippen LogP contribution in [-0.2, 0) is 11.4 Å². The van der Waals surface area contributed by atoms with Crippen LogP contribution in [0, 0.1) is 13.8 Å². The molecular weight excluding hydrogens is 262 g/mol. The van der Waals surface area contributed by atoms with Crippen LogP contribution in [0.1, 0.15) is 16.7 Å². The van der Waals surface area contributed by atoms with E-state index in [1.807, 2.05) is 37.3 Å². The molecule has 1 N–H and O–H groups in total. The topological polar surface area (TPSA) is 38.3 Å². The van der Waals surface area contributed by atoms with Gasteiger partial charge in [0.25, 0.3) is 0 Å². The Morgan fingerprint density at radius 3 is 2.71 bits per heavy atom. The number of aryl methyl sites for hydroxylation is 2. The van der Waals surface area contributed by atoms with E-state index in [0.717, 1.165) is 22.6 Å². The Balaban J connectivity index is 2.03. The lowest BCUT2D eigenvalue weighted by Crippen LogP contribution is -2.08. The normalized spacial score (nSPS) is 10.0. The van der Waals surface area contributed by atoms with Crippen LogP contribution in [0.25, 0.3) is 0 Å². The third kappa shape index (κ3) is 4.21. The van der Waals surface area contributed by atoms with E-state index < -0.39 is 0 Å². The molecule has 0 aliphatic carbocycles. The highest BCUT2D eigenvalue weighted by molar-refractivity contribution is 5.99. The van der Waals surface area contributed by atoms with Crippen molar-refractivity contribution in [3.63, 3.8) is 0 Å². The highest BCUT2D eigenvalue weighted by atomic mass is 16.5. The molecule has 3 heteroatoms. The molecule has 0 fully saturated rings. The fourth-order valence-electron chi connectivity index (χ4n) is 2.02. The molecule has 108 valence electrons. The minimum atomic E-state index is -0.216. The van der Waals surface area contributed by atoms with E-state index in [0.29, 0.717) is 6.61 Å². The third-order valence-electron chi connectivity index (χ3n) is 3.13. The van der Waals surface area contributed by atoms with Crippen LogP contribution in [0.15, 0.2) is 55.1 Å². The molecule has 0 radical (unpaired) electrons. The van der Waals surface area contributed by atoms with Crippen LogP contribution in [-0.4, -0.2) is 5.91 Å². The van der Waals surface area contributed by atoms with Crippen molar-refractivity contribution in [2.75, 3.05) is 5.32 Å². The Bertz CT molecular complexity index is 662. The molecule has 21 heavy (non-hydrogen) atoms. The monoisotopic (exact) mass is 281 g/mol. The maximum atomic E-state index is 11.3. The lowest BCUT2D eigenvalue weighted by atomic mass is 10.1. The molecule has 0 aromatic heterocycles. The zero-order valence-corrected chi connectivity index (χ0v) is 12.3. The number of hydrogen-bond acceptors (Lipinski definition) is 2. The first-order valence-electron chi connectivity index (χ1n) is 6.81. The first kappa shape index (κ1) is 14.9. The van der Waals surface area contributed by atoms with Gasteiger partial charge in [0.15, 0.2) is 0 Å². The van der Waals surface area contributed by atoms with Crippen molar-refractivity contribution >= 4 is 11.6 Å². The molecular formula is C18H19NO2. The summed E-state index contributed by atoms with van der Waals surface area (Å²) in [4.78, 5) is 11.3. The number of anilines is 1. The molecule has 0 saturated heterocycles. The van der Waals surface area contributed by atoms with Gasteiger partial charge in [0.2, 0.25) is 5.91 Å². The lowest BCUT2D eigenvalue weighted by molar-refractivity contribution is -0.111. The number of amides is 1. The molecule has 2 rings (SSSR count). The number of carbonyl (C=O) groups is 1. The summed E-state index contributed by atoms with van der Waals surface area (Å²) in [7, 11) is 0. The van der Waals surface area contributed by atoms with Gasteiger partial charge in [0, 0.05) is 5.69 Å². The molecule has 3 nitrogen and oxygen atoms in total. The second kappa shape index (κ2) is 6.75. The van der Waals surface area contributed by atoms with Gasteiger partial charge in [-0.3, -0.25) is 4.79 Å². The predicted molar refractivity (Wildman–Crippen MR) is 85.5 cm³/mol. The average Bonchev–Trinajstić information content (AvgIpc) is 2.47. The molecule has 0 atom stereocenters. The Hall–Kier alpha value is -2.55. The molecule has 2 aromatic rings. The summed E-state index contributed by atoms with van der Waals surface area (Å²) < 4.78 is 5.78.